The average Bonchev–Trinajstić information content (AvgIpc) is 2.08. The third kappa shape index (κ3) is 3.53. The number of rotatable bonds is 2. The van der Waals surface area contributed by atoms with E-state index in [1.807, 2.05) is 0 Å². The van der Waals surface area contributed by atoms with Crippen LogP contribution in [0.1, 0.15) is 5.56 Å². The number of hydrogen-bond donors (Lipinski definition) is 0. The van der Waals surface area contributed by atoms with E-state index in [2.05, 4.69) is 20.7 Å². The van der Waals surface area contributed by atoms with Gasteiger partial charge in [0.05, 0.1) is 5.02 Å². The van der Waals surface area contributed by atoms with Crippen molar-refractivity contribution < 1.29 is 22.3 Å². The minimum atomic E-state index is -4.81. The molecule has 1 rings (SSSR count). The van der Waals surface area contributed by atoms with Crippen LogP contribution in [0.25, 0.3) is 0 Å². The molecule has 0 bridgehead atoms. The van der Waals surface area contributed by atoms with Gasteiger partial charge in [-0.05, 0) is 6.07 Å². The summed E-state index contributed by atoms with van der Waals surface area (Å²) in [5.74, 6) is -1.30. The van der Waals surface area contributed by atoms with Crippen LogP contribution < -0.4 is 4.74 Å². The summed E-state index contributed by atoms with van der Waals surface area (Å²) in [5.41, 5.74) is 0.00162. The number of ether oxygens (including phenoxy) is 1. The lowest BCUT2D eigenvalue weighted by molar-refractivity contribution is -0.274. The van der Waals surface area contributed by atoms with Crippen molar-refractivity contribution in [2.45, 2.75) is 11.7 Å². The zero-order chi connectivity index (χ0) is 11.6. The summed E-state index contributed by atoms with van der Waals surface area (Å²) in [5, 5.41) is -0.362. The summed E-state index contributed by atoms with van der Waals surface area (Å²) in [6, 6.07) is 1.71. The van der Waals surface area contributed by atoms with Gasteiger partial charge < -0.3 is 4.74 Å². The van der Waals surface area contributed by atoms with Crippen molar-refractivity contribution in [1.82, 2.24) is 0 Å². The molecule has 0 N–H and O–H groups in total. The summed E-state index contributed by atoms with van der Waals surface area (Å²) in [7, 11) is 0. The molecule has 0 saturated heterocycles. The minimum Gasteiger partial charge on any atom is -0.406 e. The quantitative estimate of drug-likeness (QED) is 0.585. The van der Waals surface area contributed by atoms with Gasteiger partial charge in [0.2, 0.25) is 0 Å². The van der Waals surface area contributed by atoms with E-state index in [0.717, 1.165) is 12.1 Å². The first kappa shape index (κ1) is 12.6. The van der Waals surface area contributed by atoms with E-state index in [4.69, 9.17) is 11.6 Å². The van der Waals surface area contributed by atoms with E-state index >= 15 is 0 Å². The van der Waals surface area contributed by atoms with E-state index in [9.17, 15) is 17.6 Å². The molecule has 0 radical (unpaired) electrons. The third-order valence-electron chi connectivity index (χ3n) is 1.45. The maximum Gasteiger partial charge on any atom is 0.573 e. The van der Waals surface area contributed by atoms with E-state index < -0.39 is 23.0 Å². The Morgan fingerprint density at radius 3 is 2.40 bits per heavy atom. The first-order chi connectivity index (χ1) is 6.83. The lowest BCUT2D eigenvalue weighted by Crippen LogP contribution is -2.17. The van der Waals surface area contributed by atoms with Crippen molar-refractivity contribution in [3.8, 4) is 5.75 Å². The molecule has 1 aromatic carbocycles. The number of alkyl halides is 4. The molecule has 7 heteroatoms. The van der Waals surface area contributed by atoms with Crippen molar-refractivity contribution in [1.29, 1.82) is 0 Å². The second-order valence-electron chi connectivity index (χ2n) is 2.56. The number of hydrogen-bond acceptors (Lipinski definition) is 1. The number of benzene rings is 1. The zero-order valence-corrected chi connectivity index (χ0v) is 9.38. The Morgan fingerprint density at radius 2 is 1.93 bits per heavy atom. The summed E-state index contributed by atoms with van der Waals surface area (Å²) < 4.78 is 52.2. The van der Waals surface area contributed by atoms with Crippen LogP contribution in [0, 0.1) is 5.82 Å². The predicted octanol–water partition coefficient (Wildman–Crippen LogP) is 4.27. The van der Waals surface area contributed by atoms with Gasteiger partial charge >= 0.3 is 6.36 Å². The fourth-order valence-electron chi connectivity index (χ4n) is 0.908. The maximum atomic E-state index is 13.1. The minimum absolute atomic E-state index is 0.00162. The molecule has 84 valence electrons. The smallest absolute Gasteiger partial charge is 0.406 e. The van der Waals surface area contributed by atoms with Crippen molar-refractivity contribution in [2.75, 3.05) is 0 Å². The highest BCUT2D eigenvalue weighted by Gasteiger charge is 2.31. The van der Waals surface area contributed by atoms with Crippen LogP contribution in [-0.2, 0) is 5.33 Å². The van der Waals surface area contributed by atoms with Crippen molar-refractivity contribution in [3.63, 3.8) is 0 Å². The Morgan fingerprint density at radius 1 is 1.33 bits per heavy atom. The topological polar surface area (TPSA) is 9.23 Å². The van der Waals surface area contributed by atoms with Gasteiger partial charge in [0, 0.05) is 17.0 Å². The van der Waals surface area contributed by atoms with Crippen molar-refractivity contribution >= 4 is 27.5 Å². The molecule has 1 nitrogen and oxygen atoms in total. The fraction of sp³-hybridized carbons (Fsp3) is 0.250. The van der Waals surface area contributed by atoms with Crippen molar-refractivity contribution in [3.05, 3.63) is 28.5 Å². The molecule has 0 unspecified atom stereocenters. The van der Waals surface area contributed by atoms with E-state index in [0.29, 0.717) is 0 Å². The molecule has 0 fully saturated rings. The lowest BCUT2D eigenvalue weighted by Gasteiger charge is -2.10. The highest BCUT2D eigenvalue weighted by molar-refractivity contribution is 9.08. The predicted molar refractivity (Wildman–Crippen MR) is 50.7 cm³/mol. The van der Waals surface area contributed by atoms with Gasteiger partial charge in [-0.2, -0.15) is 0 Å². The van der Waals surface area contributed by atoms with Gasteiger partial charge in [0.25, 0.3) is 0 Å². The summed E-state index contributed by atoms with van der Waals surface area (Å²) in [6.07, 6.45) is -4.81. The highest BCUT2D eigenvalue weighted by atomic mass is 79.9. The molecule has 0 saturated carbocycles. The van der Waals surface area contributed by atoms with Gasteiger partial charge in [-0.15, -0.1) is 13.2 Å². The Balaban J connectivity index is 3.06. The highest BCUT2D eigenvalue weighted by Crippen LogP contribution is 2.30. The largest absolute Gasteiger partial charge is 0.573 e. The van der Waals surface area contributed by atoms with Crippen molar-refractivity contribution in [2.24, 2.45) is 0 Å². The lowest BCUT2D eigenvalue weighted by atomic mass is 10.2. The zero-order valence-electron chi connectivity index (χ0n) is 7.04. The maximum absolute atomic E-state index is 13.1. The van der Waals surface area contributed by atoms with Gasteiger partial charge in [0.15, 0.2) is 0 Å². The Kier molecular flexibility index (Phi) is 3.83. The van der Waals surface area contributed by atoms with Crippen LogP contribution in [0.5, 0.6) is 5.75 Å². The molecule has 0 atom stereocenters. The number of halogens is 6. The Hall–Kier alpha value is -0.490. The molecule has 0 amide bonds. The second kappa shape index (κ2) is 4.57. The molecule has 0 aliphatic heterocycles. The fourth-order valence-corrected chi connectivity index (χ4v) is 1.55. The van der Waals surface area contributed by atoms with E-state index in [-0.39, 0.29) is 10.9 Å². The molecule has 1 aromatic rings. The van der Waals surface area contributed by atoms with Crippen LogP contribution in [-0.4, -0.2) is 6.36 Å². The molecule has 0 aromatic heterocycles. The molecular weight excluding hydrogens is 303 g/mol. The molecule has 15 heavy (non-hydrogen) atoms. The Bertz CT molecular complexity index is 366. The molecular formula is C8H4BrClF4O. The summed E-state index contributed by atoms with van der Waals surface area (Å²) in [4.78, 5) is 0. The van der Waals surface area contributed by atoms with Gasteiger partial charge in [-0.1, -0.05) is 27.5 Å². The molecule has 0 aliphatic carbocycles. The molecule has 0 spiro atoms. The first-order valence-corrected chi connectivity index (χ1v) is 5.13. The van der Waals surface area contributed by atoms with Crippen LogP contribution >= 0.6 is 27.5 Å². The van der Waals surface area contributed by atoms with Crippen LogP contribution in [0.15, 0.2) is 12.1 Å². The van der Waals surface area contributed by atoms with Crippen LogP contribution in [0.4, 0.5) is 17.6 Å². The van der Waals surface area contributed by atoms with Gasteiger partial charge in [-0.3, -0.25) is 0 Å². The Labute approximate surface area is 96.1 Å². The first-order valence-electron chi connectivity index (χ1n) is 3.63. The monoisotopic (exact) mass is 306 g/mol. The van der Waals surface area contributed by atoms with Crippen LogP contribution in [0.2, 0.25) is 5.02 Å². The average molecular weight is 307 g/mol. The normalized spacial score (nSPS) is 11.6. The van der Waals surface area contributed by atoms with E-state index in [1.165, 1.54) is 0 Å². The molecule has 0 aliphatic rings. The van der Waals surface area contributed by atoms with Gasteiger partial charge in [0.1, 0.15) is 11.6 Å². The second-order valence-corrected chi connectivity index (χ2v) is 3.53. The summed E-state index contributed by atoms with van der Waals surface area (Å²) in [6.45, 7) is 0. The van der Waals surface area contributed by atoms with Crippen LogP contribution in [0.3, 0.4) is 0 Å². The standard InChI is InChI=1S/C8H4BrClF4O/c9-3-4-1-5(15-8(12,13)14)2-6(10)7(4)11/h1-2H,3H2. The van der Waals surface area contributed by atoms with Gasteiger partial charge in [-0.25, -0.2) is 4.39 Å². The summed E-state index contributed by atoms with van der Waals surface area (Å²) >= 11 is 8.30. The molecule has 0 heterocycles. The third-order valence-corrected chi connectivity index (χ3v) is 2.33. The SMILES string of the molecule is Fc1c(Cl)cc(OC(F)(F)F)cc1CBr. The van der Waals surface area contributed by atoms with E-state index in [1.54, 1.807) is 0 Å².